The molecule has 4 nitrogen and oxygen atoms in total. The molecule has 1 aromatic rings. The third-order valence-electron chi connectivity index (χ3n) is 2.28. The van der Waals surface area contributed by atoms with E-state index >= 15 is 0 Å². The average molecular weight is 191 g/mol. The number of rotatable bonds is 1. The molecule has 2 rings (SSSR count). The smallest absolute Gasteiger partial charge is 0.335 e. The van der Waals surface area contributed by atoms with Crippen LogP contribution in [-0.4, -0.2) is 23.5 Å². The van der Waals surface area contributed by atoms with Crippen molar-refractivity contribution in [2.45, 2.75) is 6.42 Å². The number of carboxylic acids is 1. The fourth-order valence-corrected chi connectivity index (χ4v) is 1.54. The third kappa shape index (κ3) is 1.35. The molecule has 0 radical (unpaired) electrons. The largest absolute Gasteiger partial charge is 0.478 e. The van der Waals surface area contributed by atoms with E-state index in [1.54, 1.807) is 6.07 Å². The second kappa shape index (κ2) is 3.14. The lowest BCUT2D eigenvalue weighted by molar-refractivity contribution is 0.0697. The van der Waals surface area contributed by atoms with E-state index in [-0.39, 0.29) is 11.5 Å². The molecule has 0 fully saturated rings. The quantitative estimate of drug-likeness (QED) is 0.685. The molecule has 0 spiro atoms. The van der Waals surface area contributed by atoms with Crippen LogP contribution in [0.1, 0.15) is 26.3 Å². The van der Waals surface area contributed by atoms with E-state index in [9.17, 15) is 9.59 Å². The molecule has 0 atom stereocenters. The van der Waals surface area contributed by atoms with Gasteiger partial charge in [0.1, 0.15) is 0 Å². The standard InChI is InChI=1S/C10H9NO3/c12-9-8-5-7(10(13)14)2-1-6(8)3-4-11-9/h1-2,5H,3-4H2,(H,11,12)(H,13,14). The van der Waals surface area contributed by atoms with Gasteiger partial charge in [-0.05, 0) is 24.1 Å². The van der Waals surface area contributed by atoms with Crippen molar-refractivity contribution in [3.63, 3.8) is 0 Å². The first-order valence-corrected chi connectivity index (χ1v) is 4.33. The Labute approximate surface area is 80.6 Å². The molecule has 0 saturated heterocycles. The molecule has 1 aliphatic heterocycles. The summed E-state index contributed by atoms with van der Waals surface area (Å²) in [5.41, 5.74) is 1.55. The van der Waals surface area contributed by atoms with Crippen LogP contribution in [0.2, 0.25) is 0 Å². The summed E-state index contributed by atoms with van der Waals surface area (Å²) in [6, 6.07) is 4.66. The molecule has 4 heteroatoms. The van der Waals surface area contributed by atoms with Gasteiger partial charge in [-0.3, -0.25) is 4.79 Å². The fourth-order valence-electron chi connectivity index (χ4n) is 1.54. The summed E-state index contributed by atoms with van der Waals surface area (Å²) in [5.74, 6) is -1.19. The number of hydrogen-bond donors (Lipinski definition) is 2. The molecule has 72 valence electrons. The summed E-state index contributed by atoms with van der Waals surface area (Å²) in [6.07, 6.45) is 0.765. The van der Waals surface area contributed by atoms with Crippen molar-refractivity contribution in [2.75, 3.05) is 6.54 Å². The SMILES string of the molecule is O=C(O)c1ccc2c(c1)C(=O)NCC2. The molecular formula is C10H9NO3. The monoisotopic (exact) mass is 191 g/mol. The van der Waals surface area contributed by atoms with Gasteiger partial charge in [0.15, 0.2) is 0 Å². The van der Waals surface area contributed by atoms with Gasteiger partial charge in [0, 0.05) is 12.1 Å². The topological polar surface area (TPSA) is 66.4 Å². The maximum absolute atomic E-state index is 11.4. The lowest BCUT2D eigenvalue weighted by Crippen LogP contribution is -2.31. The zero-order chi connectivity index (χ0) is 10.1. The molecule has 0 aromatic heterocycles. The minimum atomic E-state index is -1.01. The molecule has 1 heterocycles. The lowest BCUT2D eigenvalue weighted by atomic mass is 9.98. The van der Waals surface area contributed by atoms with E-state index in [0.29, 0.717) is 12.1 Å². The van der Waals surface area contributed by atoms with Crippen molar-refractivity contribution in [1.29, 1.82) is 0 Å². The van der Waals surface area contributed by atoms with Crippen molar-refractivity contribution in [1.82, 2.24) is 5.32 Å². The van der Waals surface area contributed by atoms with Gasteiger partial charge in [0.05, 0.1) is 5.56 Å². The normalized spacial score (nSPS) is 14.4. The maximum Gasteiger partial charge on any atom is 0.335 e. The molecule has 14 heavy (non-hydrogen) atoms. The van der Waals surface area contributed by atoms with E-state index in [1.807, 2.05) is 0 Å². The summed E-state index contributed by atoms with van der Waals surface area (Å²) >= 11 is 0. The predicted octanol–water partition coefficient (Wildman–Crippen LogP) is 0.671. The van der Waals surface area contributed by atoms with Gasteiger partial charge < -0.3 is 10.4 Å². The first kappa shape index (κ1) is 8.74. The molecule has 0 aliphatic carbocycles. The van der Waals surface area contributed by atoms with Crippen LogP contribution < -0.4 is 5.32 Å². The summed E-state index contributed by atoms with van der Waals surface area (Å²) in [4.78, 5) is 22.0. The van der Waals surface area contributed by atoms with E-state index < -0.39 is 5.97 Å². The number of aromatic carboxylic acids is 1. The van der Waals surface area contributed by atoms with Crippen molar-refractivity contribution in [3.05, 3.63) is 34.9 Å². The predicted molar refractivity (Wildman–Crippen MR) is 49.4 cm³/mol. The molecule has 0 saturated carbocycles. The molecule has 0 bridgehead atoms. The van der Waals surface area contributed by atoms with Gasteiger partial charge in [0.25, 0.3) is 5.91 Å². The van der Waals surface area contributed by atoms with Gasteiger partial charge in [-0.2, -0.15) is 0 Å². The van der Waals surface area contributed by atoms with Crippen LogP contribution >= 0.6 is 0 Å². The highest BCUT2D eigenvalue weighted by molar-refractivity contribution is 5.99. The Morgan fingerprint density at radius 1 is 1.43 bits per heavy atom. The van der Waals surface area contributed by atoms with Crippen LogP contribution in [0.15, 0.2) is 18.2 Å². The minimum absolute atomic E-state index is 0.154. The number of hydrogen-bond acceptors (Lipinski definition) is 2. The summed E-state index contributed by atoms with van der Waals surface area (Å²) in [6.45, 7) is 0.623. The Hall–Kier alpha value is -1.84. The van der Waals surface area contributed by atoms with Gasteiger partial charge in [0.2, 0.25) is 0 Å². The summed E-state index contributed by atoms with van der Waals surface area (Å²) < 4.78 is 0. The third-order valence-corrected chi connectivity index (χ3v) is 2.28. The second-order valence-electron chi connectivity index (χ2n) is 3.18. The Morgan fingerprint density at radius 2 is 2.21 bits per heavy atom. The molecular weight excluding hydrogens is 182 g/mol. The summed E-state index contributed by atoms with van der Waals surface area (Å²) in [7, 11) is 0. The highest BCUT2D eigenvalue weighted by atomic mass is 16.4. The molecule has 1 amide bonds. The first-order valence-electron chi connectivity index (χ1n) is 4.33. The number of benzene rings is 1. The van der Waals surface area contributed by atoms with Crippen LogP contribution in [-0.2, 0) is 6.42 Å². The number of carbonyl (C=O) groups excluding carboxylic acids is 1. The van der Waals surface area contributed by atoms with Crippen molar-refractivity contribution >= 4 is 11.9 Å². The fraction of sp³-hybridized carbons (Fsp3) is 0.200. The van der Waals surface area contributed by atoms with E-state index in [1.165, 1.54) is 12.1 Å². The molecule has 2 N–H and O–H groups in total. The van der Waals surface area contributed by atoms with Crippen molar-refractivity contribution in [3.8, 4) is 0 Å². The molecule has 1 aromatic carbocycles. The lowest BCUT2D eigenvalue weighted by Gasteiger charge is -2.16. The number of fused-ring (bicyclic) bond motifs is 1. The van der Waals surface area contributed by atoms with Crippen molar-refractivity contribution < 1.29 is 14.7 Å². The Kier molecular flexibility index (Phi) is 1.96. The summed E-state index contributed by atoms with van der Waals surface area (Å²) in [5, 5.41) is 11.4. The first-order chi connectivity index (χ1) is 6.68. The van der Waals surface area contributed by atoms with Crippen molar-refractivity contribution in [2.24, 2.45) is 0 Å². The van der Waals surface area contributed by atoms with Gasteiger partial charge in [-0.25, -0.2) is 4.79 Å². The number of carbonyl (C=O) groups is 2. The number of amides is 1. The van der Waals surface area contributed by atoms with E-state index in [0.717, 1.165) is 12.0 Å². The number of nitrogens with one attached hydrogen (secondary N) is 1. The Balaban J connectivity index is 2.51. The van der Waals surface area contributed by atoms with E-state index in [2.05, 4.69) is 5.32 Å². The van der Waals surface area contributed by atoms with E-state index in [4.69, 9.17) is 5.11 Å². The van der Waals surface area contributed by atoms with Crippen LogP contribution in [0.3, 0.4) is 0 Å². The number of carboxylic acid groups (broad SMARTS) is 1. The van der Waals surface area contributed by atoms with Crippen LogP contribution in [0, 0.1) is 0 Å². The van der Waals surface area contributed by atoms with Gasteiger partial charge in [-0.15, -0.1) is 0 Å². The molecule has 1 aliphatic rings. The maximum atomic E-state index is 11.4. The van der Waals surface area contributed by atoms with Gasteiger partial charge >= 0.3 is 5.97 Å². The van der Waals surface area contributed by atoms with Gasteiger partial charge in [-0.1, -0.05) is 6.07 Å². The minimum Gasteiger partial charge on any atom is -0.478 e. The Bertz CT molecular complexity index is 412. The van der Waals surface area contributed by atoms with Crippen LogP contribution in [0.4, 0.5) is 0 Å². The Morgan fingerprint density at radius 3 is 2.93 bits per heavy atom. The second-order valence-corrected chi connectivity index (χ2v) is 3.18. The highest BCUT2D eigenvalue weighted by Gasteiger charge is 2.17. The average Bonchev–Trinajstić information content (AvgIpc) is 2.18. The highest BCUT2D eigenvalue weighted by Crippen LogP contribution is 2.15. The van der Waals surface area contributed by atoms with Crippen LogP contribution in [0.5, 0.6) is 0 Å². The zero-order valence-electron chi connectivity index (χ0n) is 7.41. The van der Waals surface area contributed by atoms with Crippen LogP contribution in [0.25, 0.3) is 0 Å². The molecule has 0 unspecified atom stereocenters. The zero-order valence-corrected chi connectivity index (χ0v) is 7.41.